The Bertz CT molecular complexity index is 389. The summed E-state index contributed by atoms with van der Waals surface area (Å²) in [7, 11) is 0. The van der Waals surface area contributed by atoms with Crippen molar-refractivity contribution >= 4 is 0 Å². The van der Waals surface area contributed by atoms with Crippen LogP contribution in [0.5, 0.6) is 0 Å². The average molecular weight is 262 g/mol. The molecular formula is C16H26N2O. The van der Waals surface area contributed by atoms with Gasteiger partial charge in [-0.05, 0) is 38.8 Å². The molecule has 1 aromatic rings. The molecule has 1 aliphatic rings. The highest BCUT2D eigenvalue weighted by Crippen LogP contribution is 2.26. The van der Waals surface area contributed by atoms with Crippen LogP contribution in [0.25, 0.3) is 0 Å². The number of benzene rings is 1. The van der Waals surface area contributed by atoms with Gasteiger partial charge in [0.2, 0.25) is 0 Å². The van der Waals surface area contributed by atoms with E-state index in [0.29, 0.717) is 12.6 Å². The van der Waals surface area contributed by atoms with Crippen LogP contribution in [-0.2, 0) is 5.60 Å². The van der Waals surface area contributed by atoms with Gasteiger partial charge in [0, 0.05) is 18.6 Å². The van der Waals surface area contributed by atoms with E-state index in [1.807, 2.05) is 37.3 Å². The van der Waals surface area contributed by atoms with E-state index in [2.05, 4.69) is 11.8 Å². The highest BCUT2D eigenvalue weighted by Gasteiger charge is 2.32. The Morgan fingerprint density at radius 3 is 2.68 bits per heavy atom. The average Bonchev–Trinajstić information content (AvgIpc) is 2.39. The third-order valence-corrected chi connectivity index (χ3v) is 4.18. The molecule has 19 heavy (non-hydrogen) atoms. The third kappa shape index (κ3) is 3.56. The van der Waals surface area contributed by atoms with Crippen LogP contribution in [0.3, 0.4) is 0 Å². The van der Waals surface area contributed by atoms with Crippen LogP contribution in [0, 0.1) is 0 Å². The molecule has 0 amide bonds. The predicted octanol–water partition coefficient (Wildman–Crippen LogP) is 2.10. The molecule has 0 spiro atoms. The Morgan fingerprint density at radius 2 is 2.05 bits per heavy atom. The summed E-state index contributed by atoms with van der Waals surface area (Å²) in [4.78, 5) is 2.36. The van der Waals surface area contributed by atoms with Crippen molar-refractivity contribution < 1.29 is 5.11 Å². The van der Waals surface area contributed by atoms with E-state index in [1.165, 1.54) is 12.8 Å². The van der Waals surface area contributed by atoms with Crippen LogP contribution >= 0.6 is 0 Å². The van der Waals surface area contributed by atoms with E-state index in [9.17, 15) is 5.11 Å². The lowest BCUT2D eigenvalue weighted by Crippen LogP contribution is -2.53. The number of hydrogen-bond donors (Lipinski definition) is 2. The van der Waals surface area contributed by atoms with Crippen molar-refractivity contribution in [3.63, 3.8) is 0 Å². The van der Waals surface area contributed by atoms with Gasteiger partial charge < -0.3 is 10.8 Å². The van der Waals surface area contributed by atoms with Gasteiger partial charge in [0.05, 0.1) is 5.60 Å². The van der Waals surface area contributed by atoms with Crippen LogP contribution in [0.4, 0.5) is 0 Å². The number of likely N-dealkylation sites (tertiary alicyclic amines) is 1. The summed E-state index contributed by atoms with van der Waals surface area (Å²) in [5.41, 5.74) is 6.25. The van der Waals surface area contributed by atoms with Crippen molar-refractivity contribution in [2.24, 2.45) is 5.73 Å². The number of β-amino-alcohol motifs (C(OH)–C–C–N with tert-alkyl or cyclic N) is 1. The Morgan fingerprint density at radius 1 is 1.37 bits per heavy atom. The maximum atomic E-state index is 10.8. The number of piperidine rings is 1. The first-order chi connectivity index (χ1) is 9.00. The molecule has 1 saturated heterocycles. The summed E-state index contributed by atoms with van der Waals surface area (Å²) in [6, 6.07) is 10.5. The molecule has 106 valence electrons. The van der Waals surface area contributed by atoms with Gasteiger partial charge in [0.25, 0.3) is 0 Å². The number of rotatable bonds is 4. The minimum absolute atomic E-state index is 0.159. The van der Waals surface area contributed by atoms with Crippen LogP contribution in [0.15, 0.2) is 30.3 Å². The fourth-order valence-corrected chi connectivity index (χ4v) is 3.09. The van der Waals surface area contributed by atoms with Crippen molar-refractivity contribution in [1.82, 2.24) is 4.90 Å². The fourth-order valence-electron chi connectivity index (χ4n) is 3.09. The monoisotopic (exact) mass is 262 g/mol. The Balaban J connectivity index is 2.10. The zero-order valence-corrected chi connectivity index (χ0v) is 12.0. The molecule has 0 aromatic heterocycles. The number of nitrogens with two attached hydrogens (primary N) is 1. The molecule has 0 saturated carbocycles. The van der Waals surface area contributed by atoms with E-state index >= 15 is 0 Å². The van der Waals surface area contributed by atoms with Gasteiger partial charge in [-0.15, -0.1) is 0 Å². The Hall–Kier alpha value is -0.900. The lowest BCUT2D eigenvalue weighted by molar-refractivity contribution is -0.0108. The summed E-state index contributed by atoms with van der Waals surface area (Å²) in [6.45, 7) is 5.66. The van der Waals surface area contributed by atoms with Gasteiger partial charge >= 0.3 is 0 Å². The molecule has 3 nitrogen and oxygen atoms in total. The Labute approximate surface area is 116 Å². The first-order valence-electron chi connectivity index (χ1n) is 7.28. The molecular weight excluding hydrogens is 236 g/mol. The summed E-state index contributed by atoms with van der Waals surface area (Å²) in [5, 5.41) is 10.8. The second kappa shape index (κ2) is 6.04. The van der Waals surface area contributed by atoms with Crippen LogP contribution in [-0.4, -0.2) is 35.2 Å². The molecule has 0 bridgehead atoms. The second-order valence-corrected chi connectivity index (χ2v) is 6.03. The zero-order chi connectivity index (χ0) is 13.9. The standard InChI is InChI=1S/C16H26N2O/c1-13(17)15-10-6-7-11-18(15)12-16(2,19)14-8-4-3-5-9-14/h3-5,8-9,13,15,19H,6-7,10-12,17H2,1-2H3. The van der Waals surface area contributed by atoms with Gasteiger partial charge in [-0.2, -0.15) is 0 Å². The maximum Gasteiger partial charge on any atom is 0.0994 e. The first kappa shape index (κ1) is 14.5. The minimum atomic E-state index is -0.814. The molecule has 1 fully saturated rings. The molecule has 2 rings (SSSR count). The summed E-state index contributed by atoms with van der Waals surface area (Å²) in [6.07, 6.45) is 3.59. The lowest BCUT2D eigenvalue weighted by Gasteiger charge is -2.41. The Kier molecular flexibility index (Phi) is 4.61. The van der Waals surface area contributed by atoms with E-state index < -0.39 is 5.60 Å². The predicted molar refractivity (Wildman–Crippen MR) is 78.9 cm³/mol. The molecule has 1 aliphatic heterocycles. The number of hydrogen-bond acceptors (Lipinski definition) is 3. The molecule has 3 unspecified atom stereocenters. The summed E-state index contributed by atoms with van der Waals surface area (Å²) >= 11 is 0. The summed E-state index contributed by atoms with van der Waals surface area (Å²) < 4.78 is 0. The number of aliphatic hydroxyl groups is 1. The molecule has 0 aliphatic carbocycles. The molecule has 3 heteroatoms. The van der Waals surface area contributed by atoms with Crippen molar-refractivity contribution in [1.29, 1.82) is 0 Å². The fraction of sp³-hybridized carbons (Fsp3) is 0.625. The van der Waals surface area contributed by atoms with Crippen molar-refractivity contribution in [2.75, 3.05) is 13.1 Å². The highest BCUT2D eigenvalue weighted by molar-refractivity contribution is 5.22. The number of nitrogens with zero attached hydrogens (tertiary/aromatic N) is 1. The molecule has 1 heterocycles. The van der Waals surface area contributed by atoms with E-state index in [1.54, 1.807) is 0 Å². The molecule has 1 aromatic carbocycles. The minimum Gasteiger partial charge on any atom is -0.384 e. The highest BCUT2D eigenvalue weighted by atomic mass is 16.3. The van der Waals surface area contributed by atoms with E-state index in [-0.39, 0.29) is 6.04 Å². The van der Waals surface area contributed by atoms with Gasteiger partial charge in [-0.1, -0.05) is 36.8 Å². The van der Waals surface area contributed by atoms with Crippen LogP contribution in [0.2, 0.25) is 0 Å². The second-order valence-electron chi connectivity index (χ2n) is 6.03. The van der Waals surface area contributed by atoms with Crippen molar-refractivity contribution in [2.45, 2.75) is 50.8 Å². The van der Waals surface area contributed by atoms with E-state index in [4.69, 9.17) is 5.73 Å². The maximum absolute atomic E-state index is 10.8. The zero-order valence-electron chi connectivity index (χ0n) is 12.0. The molecule has 0 radical (unpaired) electrons. The third-order valence-electron chi connectivity index (χ3n) is 4.18. The smallest absolute Gasteiger partial charge is 0.0994 e. The first-order valence-corrected chi connectivity index (χ1v) is 7.28. The SMILES string of the molecule is CC(N)C1CCCCN1CC(C)(O)c1ccccc1. The largest absolute Gasteiger partial charge is 0.384 e. The van der Waals surface area contributed by atoms with Gasteiger partial charge in [-0.3, -0.25) is 4.90 Å². The van der Waals surface area contributed by atoms with E-state index in [0.717, 1.165) is 18.5 Å². The van der Waals surface area contributed by atoms with Crippen LogP contribution in [0.1, 0.15) is 38.7 Å². The normalized spacial score (nSPS) is 25.8. The van der Waals surface area contributed by atoms with Gasteiger partial charge in [0.15, 0.2) is 0 Å². The van der Waals surface area contributed by atoms with Gasteiger partial charge in [-0.25, -0.2) is 0 Å². The van der Waals surface area contributed by atoms with Crippen molar-refractivity contribution in [3.8, 4) is 0 Å². The van der Waals surface area contributed by atoms with Crippen LogP contribution < -0.4 is 5.73 Å². The lowest BCUT2D eigenvalue weighted by atomic mass is 9.91. The molecule has 3 N–H and O–H groups in total. The quantitative estimate of drug-likeness (QED) is 0.873. The topological polar surface area (TPSA) is 49.5 Å². The molecule has 3 atom stereocenters. The van der Waals surface area contributed by atoms with Crippen molar-refractivity contribution in [3.05, 3.63) is 35.9 Å². The summed E-state index contributed by atoms with van der Waals surface area (Å²) in [5.74, 6) is 0. The van der Waals surface area contributed by atoms with Gasteiger partial charge in [0.1, 0.15) is 0 Å².